The Bertz CT molecular complexity index is 1580. The van der Waals surface area contributed by atoms with Gasteiger partial charge in [0.15, 0.2) is 0 Å². The number of amides is 1. The average Bonchev–Trinajstić information content (AvgIpc) is 4.17. The SMILES string of the molecule is CO[Si](CCCNC(=O)OCCC[Si]1(C)O[SiH](C)O[SiH](C)O[Si](C)(CCCOC(C)=O)O1)(OC)OC.CO[Si](CC[Si]1(C)O[SiH](C)O[Si](C)(CCCOCC2CO2)O[Si](C)(CC[Si](OC)(OC)OC)O1)(OC)OC. The summed E-state index contributed by atoms with van der Waals surface area (Å²) in [4.78, 5) is 23.1. The lowest BCUT2D eigenvalue weighted by atomic mass is 10.5. The molecule has 0 aromatic heterocycles. The largest absolute Gasteiger partial charge is 0.500 e. The summed E-state index contributed by atoms with van der Waals surface area (Å²) >= 11 is 0. The Balaban J connectivity index is 0.000000508. The Morgan fingerprint density at radius 2 is 0.878 bits per heavy atom. The molecule has 3 aliphatic heterocycles. The summed E-state index contributed by atoms with van der Waals surface area (Å²) in [5, 5.41) is 2.74. The van der Waals surface area contributed by atoms with E-state index in [2.05, 4.69) is 31.5 Å². The minimum atomic E-state index is -2.86. The van der Waals surface area contributed by atoms with E-state index < -0.39 is 103 Å². The minimum Gasteiger partial charge on any atom is -0.466 e. The minimum absolute atomic E-state index is 0.252. The first-order valence-corrected chi connectivity index (χ1v) is 50.1. The van der Waals surface area contributed by atoms with Crippen LogP contribution in [0, 0.1) is 0 Å². The molecule has 0 aliphatic carbocycles. The van der Waals surface area contributed by atoms with Crippen molar-refractivity contribution in [3.63, 3.8) is 0 Å². The number of nitrogens with one attached hydrogen (secondary N) is 1. The summed E-state index contributed by atoms with van der Waals surface area (Å²) in [5.74, 6) is -0.298. The number of epoxide rings is 1. The van der Waals surface area contributed by atoms with Gasteiger partial charge in [0.05, 0.1) is 26.4 Å². The smallest absolute Gasteiger partial charge is 0.466 e. The van der Waals surface area contributed by atoms with Gasteiger partial charge in [-0.1, -0.05) is 0 Å². The zero-order chi connectivity index (χ0) is 55.7. The van der Waals surface area contributed by atoms with Crippen molar-refractivity contribution >= 4 is 109 Å². The molecule has 74 heavy (non-hydrogen) atoms. The normalized spacial score (nSPS) is 30.0. The standard InChI is InChI=1S/C20H50O12Si6.C19H45NO11Si5/c1-21-37(22-2,23-3)16-14-35(9)30-33(7)29-34(8,13-11-12-27-18-20-19-28-20)31-36(10,32-35)15-17-38(24-4,25-5)26-6;1-18(21)26-13-10-15-34(7)29-32(5)28-33(6)30-35(8,31-34)16-11-14-27-19(22)20-12-9-17-36(23-2,24-3)25-4/h20,33H,11-19H2,1-10H3;32-33H,9-17H2,1-8H3,(H,20,22). The third-order valence-electron chi connectivity index (χ3n) is 12.6. The quantitative estimate of drug-likeness (QED) is 0.0396. The molecule has 3 fully saturated rings. The lowest BCUT2D eigenvalue weighted by Crippen LogP contribution is -2.64. The maximum Gasteiger partial charge on any atom is 0.500 e. The summed E-state index contributed by atoms with van der Waals surface area (Å²) < 4.78 is 125. The molecule has 3 saturated heterocycles. The zero-order valence-corrected chi connectivity index (χ0v) is 59.4. The highest BCUT2D eigenvalue weighted by molar-refractivity contribution is 6.91. The molecule has 3 aliphatic rings. The van der Waals surface area contributed by atoms with Gasteiger partial charge in [-0.05, 0) is 108 Å². The van der Waals surface area contributed by atoms with E-state index in [-0.39, 0.29) is 18.7 Å². The summed E-state index contributed by atoms with van der Waals surface area (Å²) in [6.45, 7) is 20.9. The second-order valence-corrected chi connectivity index (χ2v) is 52.8. The van der Waals surface area contributed by atoms with Gasteiger partial charge < -0.3 is 97.0 Å². The van der Waals surface area contributed by atoms with Crippen molar-refractivity contribution in [3.05, 3.63) is 0 Å². The van der Waals surface area contributed by atoms with Gasteiger partial charge in [0, 0.05) is 102 Å². The van der Waals surface area contributed by atoms with Crippen LogP contribution in [0.1, 0.15) is 32.6 Å². The van der Waals surface area contributed by atoms with Crippen molar-refractivity contribution in [1.82, 2.24) is 5.32 Å². The molecule has 24 nitrogen and oxygen atoms in total. The molecule has 438 valence electrons. The Hall–Kier alpha value is 0.366. The summed E-state index contributed by atoms with van der Waals surface area (Å²) in [6, 6.07) is 5.12. The second-order valence-electron chi connectivity index (χ2n) is 19.0. The summed E-state index contributed by atoms with van der Waals surface area (Å²) in [7, 11) is -13.2. The van der Waals surface area contributed by atoms with Gasteiger partial charge in [-0.25, -0.2) is 4.79 Å². The Labute approximate surface area is 456 Å². The monoisotopic (exact) mass is 1250 g/mol. The van der Waals surface area contributed by atoms with E-state index in [4.69, 9.17) is 91.7 Å². The summed E-state index contributed by atoms with van der Waals surface area (Å²) in [5.41, 5.74) is 0. The van der Waals surface area contributed by atoms with E-state index in [9.17, 15) is 9.59 Å². The predicted molar refractivity (Wildman–Crippen MR) is 300 cm³/mol. The number of carbonyl (C=O) groups is 2. The number of hydrogen-bond acceptors (Lipinski definition) is 23. The number of esters is 1. The molecule has 0 bridgehead atoms. The fourth-order valence-corrected chi connectivity index (χ4v) is 55.0. The van der Waals surface area contributed by atoms with E-state index in [1.165, 1.54) is 6.92 Å². The van der Waals surface area contributed by atoms with Gasteiger partial charge in [0.25, 0.3) is 18.6 Å². The lowest BCUT2D eigenvalue weighted by Gasteiger charge is -2.47. The molecule has 3 heterocycles. The molecule has 0 aromatic rings. The number of rotatable bonds is 33. The maximum absolute atomic E-state index is 12.1. The average molecular weight is 1260 g/mol. The molecule has 35 heteroatoms. The highest BCUT2D eigenvalue weighted by Crippen LogP contribution is 2.37. The van der Waals surface area contributed by atoms with Crippen LogP contribution < -0.4 is 5.32 Å². The van der Waals surface area contributed by atoms with E-state index in [0.717, 1.165) is 19.1 Å². The molecule has 9 atom stereocenters. The lowest BCUT2D eigenvalue weighted by molar-refractivity contribution is -0.141. The number of carbonyl (C=O) groups excluding carboxylic acids is 2. The predicted octanol–water partition coefficient (Wildman–Crippen LogP) is 4.94. The molecule has 0 spiro atoms. The van der Waals surface area contributed by atoms with Crippen molar-refractivity contribution in [2.45, 2.75) is 139 Å². The molecule has 1 N–H and O–H groups in total. The Morgan fingerprint density at radius 1 is 0.514 bits per heavy atom. The highest BCUT2D eigenvalue weighted by atomic mass is 28.5. The van der Waals surface area contributed by atoms with Crippen LogP contribution >= 0.6 is 0 Å². The van der Waals surface area contributed by atoms with Crippen LogP contribution in [0.3, 0.4) is 0 Å². The third-order valence-corrected chi connectivity index (χ3v) is 54.7. The molecule has 0 radical (unpaired) electrons. The van der Waals surface area contributed by atoms with Crippen molar-refractivity contribution in [3.8, 4) is 0 Å². The maximum atomic E-state index is 12.1. The van der Waals surface area contributed by atoms with E-state index >= 15 is 0 Å². The Kier molecular flexibility index (Phi) is 32.3. The van der Waals surface area contributed by atoms with E-state index in [1.54, 1.807) is 64.0 Å². The van der Waals surface area contributed by atoms with E-state index in [1.807, 2.05) is 26.2 Å². The topological polar surface area (TPSA) is 243 Å². The van der Waals surface area contributed by atoms with Gasteiger partial charge in [-0.15, -0.1) is 0 Å². The number of hydrogen-bond donors (Lipinski definition) is 1. The van der Waals surface area contributed by atoms with Crippen LogP contribution in [0.5, 0.6) is 0 Å². The first kappa shape index (κ1) is 70.5. The molecule has 1 amide bonds. The third kappa shape index (κ3) is 25.9. The van der Waals surface area contributed by atoms with Crippen LogP contribution in [-0.4, -0.2) is 219 Å². The van der Waals surface area contributed by atoms with Gasteiger partial charge in [-0.3, -0.25) is 4.79 Å². The van der Waals surface area contributed by atoms with Crippen LogP contribution in [0.25, 0.3) is 0 Å². The first-order chi connectivity index (χ1) is 34.8. The van der Waals surface area contributed by atoms with Gasteiger partial charge in [0.1, 0.15) is 6.10 Å². The fourth-order valence-electron chi connectivity index (χ4n) is 8.80. The van der Waals surface area contributed by atoms with Crippen molar-refractivity contribution in [2.24, 2.45) is 0 Å². The number of alkyl carbamates (subject to hydrolysis) is 1. The van der Waals surface area contributed by atoms with Gasteiger partial charge in [-0.2, -0.15) is 0 Å². The first-order valence-electron chi connectivity index (χ1n) is 25.4. The van der Waals surface area contributed by atoms with Crippen LogP contribution in [0.15, 0.2) is 0 Å². The summed E-state index contributed by atoms with van der Waals surface area (Å²) in [6.07, 6.45) is 2.54. The van der Waals surface area contributed by atoms with Crippen LogP contribution in [0.4, 0.5) is 4.79 Å². The molecule has 9 unspecified atom stereocenters. The van der Waals surface area contributed by atoms with Gasteiger partial charge >= 0.3 is 90.6 Å². The van der Waals surface area contributed by atoms with Crippen molar-refractivity contribution < 1.29 is 101 Å². The fraction of sp³-hybridized carbons (Fsp3) is 0.949. The van der Waals surface area contributed by atoms with Gasteiger partial charge in [0.2, 0.25) is 0 Å². The molecular weight excluding hydrogens is 1160 g/mol. The molecule has 0 aromatic carbocycles. The van der Waals surface area contributed by atoms with Crippen LogP contribution in [0.2, 0.25) is 101 Å². The molecular formula is C39H95NO23Si11. The van der Waals surface area contributed by atoms with Crippen molar-refractivity contribution in [1.29, 1.82) is 0 Å². The highest BCUT2D eigenvalue weighted by Gasteiger charge is 2.55. The number of ether oxygens (including phenoxy) is 4. The molecule has 0 saturated carbocycles. The Morgan fingerprint density at radius 3 is 1.30 bits per heavy atom. The second kappa shape index (κ2) is 34.0. The van der Waals surface area contributed by atoms with Crippen molar-refractivity contribution in [2.75, 3.05) is 104 Å². The van der Waals surface area contributed by atoms with Crippen LogP contribution in [-0.2, 0) is 96.5 Å². The molecule has 3 rings (SSSR count). The zero-order valence-electron chi connectivity index (χ0n) is 47.9. The van der Waals surface area contributed by atoms with E-state index in [0.29, 0.717) is 87.9 Å².